The molecule has 6 nitrogen and oxygen atoms in total. The summed E-state index contributed by atoms with van der Waals surface area (Å²) in [5.41, 5.74) is 2.69. The number of carbonyl (C=O) groups excluding carboxylic acids is 2. The highest BCUT2D eigenvalue weighted by Gasteiger charge is 2.24. The van der Waals surface area contributed by atoms with Gasteiger partial charge in [0.15, 0.2) is 5.78 Å². The van der Waals surface area contributed by atoms with Crippen LogP contribution in [0.25, 0.3) is 0 Å². The van der Waals surface area contributed by atoms with Gasteiger partial charge in [0.05, 0.1) is 34.6 Å². The zero-order chi connectivity index (χ0) is 20.2. The number of amides is 1. The third kappa shape index (κ3) is 4.86. The largest absolute Gasteiger partial charge is 0.392 e. The summed E-state index contributed by atoms with van der Waals surface area (Å²) in [6.45, 7) is 1.59. The zero-order valence-electron chi connectivity index (χ0n) is 15.8. The van der Waals surface area contributed by atoms with Gasteiger partial charge >= 0.3 is 0 Å². The number of hydrogen-bond acceptors (Lipinski definition) is 6. The van der Waals surface area contributed by atoms with Crippen molar-refractivity contribution in [1.29, 1.82) is 0 Å². The fourth-order valence-electron chi connectivity index (χ4n) is 3.42. The maximum atomic E-state index is 12.2. The van der Waals surface area contributed by atoms with Gasteiger partial charge in [0.25, 0.3) is 0 Å². The Labute approximate surface area is 178 Å². The second-order valence-electron chi connectivity index (χ2n) is 6.99. The van der Waals surface area contributed by atoms with Crippen LogP contribution in [0.3, 0.4) is 0 Å². The first-order chi connectivity index (χ1) is 14.1. The molecule has 2 aliphatic rings. The summed E-state index contributed by atoms with van der Waals surface area (Å²) in [4.78, 5) is 32.4. The van der Waals surface area contributed by atoms with E-state index in [1.54, 1.807) is 17.0 Å². The Kier molecular flexibility index (Phi) is 6.28. The normalized spacial score (nSPS) is 19.6. The van der Waals surface area contributed by atoms with Crippen molar-refractivity contribution < 1.29 is 19.2 Å². The van der Waals surface area contributed by atoms with E-state index in [2.05, 4.69) is 5.16 Å². The first kappa shape index (κ1) is 20.1. The summed E-state index contributed by atoms with van der Waals surface area (Å²) in [5, 5.41) is 4.20. The molecule has 8 heteroatoms. The lowest BCUT2D eigenvalue weighted by atomic mass is 10.0. The van der Waals surface area contributed by atoms with Gasteiger partial charge in [-0.15, -0.1) is 11.3 Å². The van der Waals surface area contributed by atoms with Crippen molar-refractivity contribution in [3.05, 3.63) is 51.2 Å². The quantitative estimate of drug-likeness (QED) is 0.638. The van der Waals surface area contributed by atoms with Crippen molar-refractivity contribution in [2.24, 2.45) is 5.16 Å². The van der Waals surface area contributed by atoms with Crippen LogP contribution in [0.2, 0.25) is 4.34 Å². The molecule has 1 saturated heterocycles. The molecule has 4 rings (SSSR count). The van der Waals surface area contributed by atoms with Crippen LogP contribution in [0.15, 0.2) is 41.6 Å². The predicted octanol–water partition coefficient (Wildman–Crippen LogP) is 4.31. The summed E-state index contributed by atoms with van der Waals surface area (Å²) < 4.78 is 5.99. The van der Waals surface area contributed by atoms with Crippen molar-refractivity contribution >= 4 is 46.0 Å². The molecule has 152 valence electrons. The number of carbonyl (C=O) groups is 2. The van der Waals surface area contributed by atoms with E-state index < -0.39 is 0 Å². The molecule has 1 aromatic heterocycles. The molecule has 1 aromatic carbocycles. The van der Waals surface area contributed by atoms with E-state index in [1.807, 2.05) is 24.3 Å². The van der Waals surface area contributed by atoms with Crippen molar-refractivity contribution in [2.75, 3.05) is 24.7 Å². The van der Waals surface area contributed by atoms with Crippen LogP contribution in [0.4, 0.5) is 5.69 Å². The molecule has 0 radical (unpaired) electrons. The van der Waals surface area contributed by atoms with Crippen LogP contribution in [0.1, 0.15) is 40.9 Å². The molecule has 1 amide bonds. The minimum absolute atomic E-state index is 0.0774. The van der Waals surface area contributed by atoms with E-state index in [0.29, 0.717) is 54.7 Å². The van der Waals surface area contributed by atoms with Crippen LogP contribution < -0.4 is 4.90 Å². The highest BCUT2D eigenvalue weighted by Crippen LogP contribution is 2.26. The number of ketones is 1. The Balaban J connectivity index is 1.32. The molecule has 0 aliphatic carbocycles. The number of oxime groups is 1. The van der Waals surface area contributed by atoms with E-state index in [0.717, 1.165) is 17.0 Å². The third-order valence-electron chi connectivity index (χ3n) is 5.01. The van der Waals surface area contributed by atoms with Gasteiger partial charge in [-0.25, -0.2) is 0 Å². The molecule has 1 fully saturated rings. The summed E-state index contributed by atoms with van der Waals surface area (Å²) in [5.74, 6) is 0.156. The summed E-state index contributed by atoms with van der Waals surface area (Å²) >= 11 is 7.19. The lowest BCUT2D eigenvalue weighted by molar-refractivity contribution is -0.118. The van der Waals surface area contributed by atoms with Crippen molar-refractivity contribution in [3.63, 3.8) is 0 Å². The van der Waals surface area contributed by atoms with Crippen LogP contribution in [-0.4, -0.2) is 43.3 Å². The molecule has 29 heavy (non-hydrogen) atoms. The van der Waals surface area contributed by atoms with Crippen molar-refractivity contribution in [2.45, 2.75) is 31.8 Å². The molecule has 2 aliphatic heterocycles. The van der Waals surface area contributed by atoms with E-state index in [1.165, 1.54) is 11.3 Å². The molecule has 0 spiro atoms. The molecule has 0 saturated carbocycles. The number of rotatable bonds is 6. The molecular weight excluding hydrogens is 412 g/mol. The smallest absolute Gasteiger partial charge is 0.229 e. The van der Waals surface area contributed by atoms with Crippen LogP contribution >= 0.6 is 22.9 Å². The van der Waals surface area contributed by atoms with E-state index in [4.69, 9.17) is 21.2 Å². The Morgan fingerprint density at radius 3 is 2.79 bits per heavy atom. The maximum absolute atomic E-state index is 12.2. The minimum atomic E-state index is -0.103. The molecular formula is C21H21ClN2O4S. The van der Waals surface area contributed by atoms with Gasteiger partial charge < -0.3 is 14.5 Å². The van der Waals surface area contributed by atoms with Gasteiger partial charge in [-0.3, -0.25) is 9.59 Å². The first-order valence-corrected chi connectivity index (χ1v) is 10.8. The Bertz CT molecular complexity index is 925. The van der Waals surface area contributed by atoms with Crippen LogP contribution in [-0.2, 0) is 14.4 Å². The number of hydrogen-bond donors (Lipinski definition) is 0. The molecule has 1 atom stereocenters. The second-order valence-corrected chi connectivity index (χ2v) is 8.70. The number of Topliss-reactive ketones (excluding diaryl/α,β-unsaturated/α-hetero) is 1. The average Bonchev–Trinajstić information content (AvgIpc) is 3.33. The van der Waals surface area contributed by atoms with Gasteiger partial charge in [0, 0.05) is 25.1 Å². The van der Waals surface area contributed by atoms with Crippen LogP contribution in [0.5, 0.6) is 0 Å². The molecule has 0 bridgehead atoms. The van der Waals surface area contributed by atoms with E-state index >= 15 is 0 Å². The van der Waals surface area contributed by atoms with Gasteiger partial charge in [-0.2, -0.15) is 0 Å². The monoisotopic (exact) mass is 432 g/mol. The number of ether oxygens (including phenoxy) is 1. The lowest BCUT2D eigenvalue weighted by Gasteiger charge is -2.20. The number of halogens is 1. The fraction of sp³-hybridized carbons (Fsp3) is 0.381. The SMILES string of the molecule is O=C(CCC1CC(c2ccc(N3CCOCCC3=O)cc2)=NO1)c1ccc(Cl)s1. The highest BCUT2D eigenvalue weighted by molar-refractivity contribution is 7.18. The van der Waals surface area contributed by atoms with Crippen molar-refractivity contribution in [3.8, 4) is 0 Å². The number of anilines is 1. The Morgan fingerprint density at radius 2 is 2.03 bits per heavy atom. The predicted molar refractivity (Wildman–Crippen MR) is 113 cm³/mol. The van der Waals surface area contributed by atoms with Gasteiger partial charge in [0.1, 0.15) is 6.10 Å². The molecule has 1 unspecified atom stereocenters. The van der Waals surface area contributed by atoms with Gasteiger partial charge in [0.2, 0.25) is 5.91 Å². The Morgan fingerprint density at radius 1 is 1.21 bits per heavy atom. The average molecular weight is 433 g/mol. The molecule has 2 aromatic rings. The van der Waals surface area contributed by atoms with E-state index in [9.17, 15) is 9.59 Å². The zero-order valence-corrected chi connectivity index (χ0v) is 17.4. The summed E-state index contributed by atoms with van der Waals surface area (Å²) in [6, 6.07) is 11.3. The fourth-order valence-corrected chi connectivity index (χ4v) is 4.43. The van der Waals surface area contributed by atoms with E-state index in [-0.39, 0.29) is 17.8 Å². The highest BCUT2D eigenvalue weighted by atomic mass is 35.5. The lowest BCUT2D eigenvalue weighted by Crippen LogP contribution is -2.31. The standard InChI is InChI=1S/C21H21ClN2O4S/c22-20-8-7-19(29-20)18(25)6-5-16-13-17(23-28-16)14-1-3-15(4-2-14)24-10-12-27-11-9-21(24)26/h1-4,7-8,16H,5-6,9-13H2. The first-order valence-electron chi connectivity index (χ1n) is 9.60. The molecule has 3 heterocycles. The van der Waals surface area contributed by atoms with Gasteiger partial charge in [-0.1, -0.05) is 28.9 Å². The maximum Gasteiger partial charge on any atom is 0.229 e. The second kappa shape index (κ2) is 9.07. The third-order valence-corrected chi connectivity index (χ3v) is 6.28. The topological polar surface area (TPSA) is 68.2 Å². The van der Waals surface area contributed by atoms with Crippen LogP contribution in [0, 0.1) is 0 Å². The summed E-state index contributed by atoms with van der Waals surface area (Å²) in [6.07, 6.45) is 1.98. The van der Waals surface area contributed by atoms with Crippen molar-refractivity contribution in [1.82, 2.24) is 0 Å². The number of nitrogens with zero attached hydrogens (tertiary/aromatic N) is 2. The Hall–Kier alpha value is -2.22. The number of benzene rings is 1. The number of thiophene rings is 1. The molecule has 0 N–H and O–H groups in total. The van der Waals surface area contributed by atoms with Gasteiger partial charge in [-0.05, 0) is 36.2 Å². The minimum Gasteiger partial charge on any atom is -0.392 e. The summed E-state index contributed by atoms with van der Waals surface area (Å²) in [7, 11) is 0.